The fourth-order valence-electron chi connectivity index (χ4n) is 1.57. The van der Waals surface area contributed by atoms with Crippen molar-refractivity contribution in [2.24, 2.45) is 0 Å². The summed E-state index contributed by atoms with van der Waals surface area (Å²) in [4.78, 5) is 8.10. The first-order chi connectivity index (χ1) is 8.06. The third-order valence-corrected chi connectivity index (χ3v) is 2.33. The second kappa shape index (κ2) is 4.37. The molecule has 4 nitrogen and oxygen atoms in total. The van der Waals surface area contributed by atoms with Gasteiger partial charge in [-0.25, -0.2) is 14.4 Å². The second-order valence-electron chi connectivity index (χ2n) is 3.78. The molecule has 0 unspecified atom stereocenters. The van der Waals surface area contributed by atoms with Crippen molar-refractivity contribution in [3.63, 3.8) is 0 Å². The van der Waals surface area contributed by atoms with Crippen LogP contribution in [0.4, 0.5) is 21.7 Å². The lowest BCUT2D eigenvalue weighted by Crippen LogP contribution is -2.02. The van der Waals surface area contributed by atoms with E-state index in [0.29, 0.717) is 23.1 Å². The van der Waals surface area contributed by atoms with Crippen molar-refractivity contribution in [1.29, 1.82) is 0 Å². The highest BCUT2D eigenvalue weighted by Gasteiger charge is 2.07. The largest absolute Gasteiger partial charge is 0.384 e. The molecule has 17 heavy (non-hydrogen) atoms. The molecule has 0 aliphatic rings. The molecule has 0 fully saturated rings. The zero-order chi connectivity index (χ0) is 12.4. The van der Waals surface area contributed by atoms with Gasteiger partial charge in [0.25, 0.3) is 0 Å². The highest BCUT2D eigenvalue weighted by molar-refractivity contribution is 5.62. The molecule has 0 aliphatic heterocycles. The first kappa shape index (κ1) is 11.3. The molecule has 0 amide bonds. The van der Waals surface area contributed by atoms with Gasteiger partial charge in [0, 0.05) is 6.07 Å². The molecule has 5 heteroatoms. The number of aromatic nitrogens is 2. The van der Waals surface area contributed by atoms with Gasteiger partial charge in [0.15, 0.2) is 0 Å². The smallest absolute Gasteiger partial charge is 0.146 e. The predicted octanol–water partition coefficient (Wildman–Crippen LogP) is 2.56. The lowest BCUT2D eigenvalue weighted by Gasteiger charge is -2.10. The van der Waals surface area contributed by atoms with Gasteiger partial charge in [0.1, 0.15) is 23.3 Å². The Morgan fingerprint density at radius 2 is 2.00 bits per heavy atom. The number of nitrogen functional groups attached to an aromatic ring is 1. The van der Waals surface area contributed by atoms with Gasteiger partial charge >= 0.3 is 0 Å². The summed E-state index contributed by atoms with van der Waals surface area (Å²) in [5.41, 5.74) is 6.82. The summed E-state index contributed by atoms with van der Waals surface area (Å²) in [6.07, 6.45) is 0. The highest BCUT2D eigenvalue weighted by atomic mass is 19.1. The molecule has 0 spiro atoms. The minimum absolute atomic E-state index is 0.320. The van der Waals surface area contributed by atoms with Gasteiger partial charge in [-0.2, -0.15) is 0 Å². The number of nitrogens with zero attached hydrogens (tertiary/aromatic N) is 2. The van der Waals surface area contributed by atoms with Crippen molar-refractivity contribution in [2.45, 2.75) is 13.8 Å². The Morgan fingerprint density at radius 3 is 2.65 bits per heavy atom. The standard InChI is InChI=1S/C12H13FN4/c1-7-4-3-5-9(13)12(7)17-11-6-10(14)15-8(2)16-11/h3-6H,1-2H3,(H3,14,15,16,17). The number of para-hydroxylation sites is 1. The van der Waals surface area contributed by atoms with Crippen molar-refractivity contribution in [3.8, 4) is 0 Å². The molecule has 0 atom stereocenters. The average molecular weight is 232 g/mol. The van der Waals surface area contributed by atoms with E-state index in [4.69, 9.17) is 5.73 Å². The van der Waals surface area contributed by atoms with Crippen molar-refractivity contribution >= 4 is 17.3 Å². The van der Waals surface area contributed by atoms with Gasteiger partial charge in [-0.05, 0) is 25.5 Å². The summed E-state index contributed by atoms with van der Waals surface area (Å²) < 4.78 is 13.6. The van der Waals surface area contributed by atoms with Gasteiger partial charge in [0.2, 0.25) is 0 Å². The zero-order valence-corrected chi connectivity index (χ0v) is 9.66. The van der Waals surface area contributed by atoms with Gasteiger partial charge in [-0.1, -0.05) is 12.1 Å². The molecule has 0 saturated carbocycles. The van der Waals surface area contributed by atoms with E-state index in [1.54, 1.807) is 19.1 Å². The Morgan fingerprint density at radius 1 is 1.24 bits per heavy atom. The molecular weight excluding hydrogens is 219 g/mol. The van der Waals surface area contributed by atoms with Crippen LogP contribution in [0.2, 0.25) is 0 Å². The van der Waals surface area contributed by atoms with Crippen LogP contribution < -0.4 is 11.1 Å². The minimum Gasteiger partial charge on any atom is -0.384 e. The van der Waals surface area contributed by atoms with Crippen LogP contribution in [0.3, 0.4) is 0 Å². The number of halogens is 1. The van der Waals surface area contributed by atoms with Crippen molar-refractivity contribution in [1.82, 2.24) is 9.97 Å². The third kappa shape index (κ3) is 2.50. The van der Waals surface area contributed by atoms with E-state index in [1.165, 1.54) is 6.07 Å². The van der Waals surface area contributed by atoms with Gasteiger partial charge in [-0.3, -0.25) is 0 Å². The van der Waals surface area contributed by atoms with E-state index >= 15 is 0 Å². The summed E-state index contributed by atoms with van der Waals surface area (Å²) in [6.45, 7) is 3.55. The van der Waals surface area contributed by atoms with Crippen LogP contribution in [-0.4, -0.2) is 9.97 Å². The van der Waals surface area contributed by atoms with E-state index < -0.39 is 0 Å². The highest BCUT2D eigenvalue weighted by Crippen LogP contribution is 2.23. The normalized spacial score (nSPS) is 10.3. The van der Waals surface area contributed by atoms with E-state index in [1.807, 2.05) is 13.0 Å². The lowest BCUT2D eigenvalue weighted by molar-refractivity contribution is 0.630. The molecule has 2 aromatic rings. The Balaban J connectivity index is 2.38. The predicted molar refractivity (Wildman–Crippen MR) is 65.6 cm³/mol. The first-order valence-corrected chi connectivity index (χ1v) is 5.19. The number of anilines is 3. The van der Waals surface area contributed by atoms with Crippen molar-refractivity contribution in [3.05, 3.63) is 41.5 Å². The molecular formula is C12H13FN4. The molecule has 1 aromatic heterocycles. The second-order valence-corrected chi connectivity index (χ2v) is 3.78. The maximum absolute atomic E-state index is 13.6. The number of nitrogens with one attached hydrogen (secondary N) is 1. The molecule has 88 valence electrons. The van der Waals surface area contributed by atoms with Crippen molar-refractivity contribution in [2.75, 3.05) is 11.1 Å². The van der Waals surface area contributed by atoms with Crippen LogP contribution in [0.25, 0.3) is 0 Å². The summed E-state index contributed by atoms with van der Waals surface area (Å²) in [7, 11) is 0. The molecule has 3 N–H and O–H groups in total. The number of nitrogens with two attached hydrogens (primary N) is 1. The van der Waals surface area contributed by atoms with Gasteiger partial charge < -0.3 is 11.1 Å². The fourth-order valence-corrected chi connectivity index (χ4v) is 1.57. The monoisotopic (exact) mass is 232 g/mol. The van der Waals surface area contributed by atoms with Crippen LogP contribution in [0.5, 0.6) is 0 Å². The maximum Gasteiger partial charge on any atom is 0.146 e. The number of hydrogen-bond donors (Lipinski definition) is 2. The molecule has 0 bridgehead atoms. The molecule has 0 radical (unpaired) electrons. The van der Waals surface area contributed by atoms with Crippen molar-refractivity contribution < 1.29 is 4.39 Å². The molecule has 1 heterocycles. The zero-order valence-electron chi connectivity index (χ0n) is 9.66. The molecule has 0 saturated heterocycles. The van der Waals surface area contributed by atoms with E-state index in [9.17, 15) is 4.39 Å². The topological polar surface area (TPSA) is 63.8 Å². The average Bonchev–Trinajstić information content (AvgIpc) is 2.22. The van der Waals surface area contributed by atoms with Crippen LogP contribution in [0.1, 0.15) is 11.4 Å². The lowest BCUT2D eigenvalue weighted by atomic mass is 10.2. The number of rotatable bonds is 2. The summed E-state index contributed by atoms with van der Waals surface area (Å²) in [6, 6.07) is 6.45. The van der Waals surface area contributed by atoms with Gasteiger partial charge in [-0.15, -0.1) is 0 Å². The Hall–Kier alpha value is -2.17. The molecule has 0 aliphatic carbocycles. The quantitative estimate of drug-likeness (QED) is 0.835. The maximum atomic E-state index is 13.6. The van der Waals surface area contributed by atoms with Crippen LogP contribution in [-0.2, 0) is 0 Å². The summed E-state index contributed by atoms with van der Waals surface area (Å²) in [5.74, 6) is 1.07. The SMILES string of the molecule is Cc1nc(N)cc(Nc2c(C)cccc2F)n1. The Kier molecular flexibility index (Phi) is 2.91. The van der Waals surface area contributed by atoms with Gasteiger partial charge in [0.05, 0.1) is 5.69 Å². The fraction of sp³-hybridized carbons (Fsp3) is 0.167. The number of aryl methyl sites for hydroxylation is 2. The minimum atomic E-state index is -0.320. The summed E-state index contributed by atoms with van der Waals surface area (Å²) in [5, 5.41) is 2.92. The van der Waals surface area contributed by atoms with Crippen LogP contribution in [0.15, 0.2) is 24.3 Å². The Labute approximate surface area is 98.7 Å². The summed E-state index contributed by atoms with van der Waals surface area (Å²) >= 11 is 0. The van der Waals surface area contributed by atoms with E-state index in [2.05, 4.69) is 15.3 Å². The first-order valence-electron chi connectivity index (χ1n) is 5.19. The molecule has 2 rings (SSSR count). The van der Waals surface area contributed by atoms with E-state index in [-0.39, 0.29) is 5.82 Å². The molecule has 1 aromatic carbocycles. The Bertz CT molecular complexity index is 514. The number of hydrogen-bond acceptors (Lipinski definition) is 4. The van der Waals surface area contributed by atoms with Crippen LogP contribution in [0, 0.1) is 19.7 Å². The number of benzene rings is 1. The third-order valence-electron chi connectivity index (χ3n) is 2.33. The van der Waals surface area contributed by atoms with E-state index in [0.717, 1.165) is 5.56 Å². The van der Waals surface area contributed by atoms with Crippen LogP contribution >= 0.6 is 0 Å².